The molecular weight excluding hydrogens is 328 g/mol. The van der Waals surface area contributed by atoms with Gasteiger partial charge in [-0.15, -0.1) is 0 Å². The van der Waals surface area contributed by atoms with Crippen LogP contribution in [0.4, 0.5) is 0 Å². The van der Waals surface area contributed by atoms with Crippen LogP contribution in [0.1, 0.15) is 45.4 Å². The molecule has 0 bridgehead atoms. The van der Waals surface area contributed by atoms with Crippen LogP contribution in [0.15, 0.2) is 54.7 Å². The van der Waals surface area contributed by atoms with Gasteiger partial charge in [0.1, 0.15) is 5.82 Å². The average molecular weight is 348 g/mol. The number of hydrogen-bond donors (Lipinski definition) is 2. The van der Waals surface area contributed by atoms with Gasteiger partial charge >= 0.3 is 0 Å². The Kier molecular flexibility index (Phi) is 4.39. The van der Waals surface area contributed by atoms with Gasteiger partial charge in [0.2, 0.25) is 0 Å². The topological polar surface area (TPSA) is 75.5 Å². The fourth-order valence-electron chi connectivity index (χ4n) is 2.99. The second-order valence-electron chi connectivity index (χ2n) is 6.43. The largest absolute Gasteiger partial charge is 0.350 e. The fraction of sp³-hybridized carbons (Fsp3) is 0.250. The van der Waals surface area contributed by atoms with Gasteiger partial charge < -0.3 is 15.0 Å². The smallest absolute Gasteiger partial charge is 0.272 e. The van der Waals surface area contributed by atoms with E-state index in [9.17, 15) is 9.59 Å². The number of rotatable bonds is 6. The van der Waals surface area contributed by atoms with Gasteiger partial charge in [0.15, 0.2) is 5.69 Å². The van der Waals surface area contributed by atoms with E-state index in [1.54, 1.807) is 12.1 Å². The van der Waals surface area contributed by atoms with Crippen molar-refractivity contribution in [3.05, 3.63) is 71.8 Å². The lowest BCUT2D eigenvalue weighted by molar-refractivity contribution is 0.0926. The summed E-state index contributed by atoms with van der Waals surface area (Å²) in [6.45, 7) is 0.711. The molecule has 26 heavy (non-hydrogen) atoms. The molecule has 1 saturated carbocycles. The molecule has 6 heteroatoms. The molecule has 1 aliphatic rings. The van der Waals surface area contributed by atoms with E-state index >= 15 is 0 Å². The Morgan fingerprint density at radius 1 is 0.962 bits per heavy atom. The normalized spacial score (nSPS) is 13.5. The van der Waals surface area contributed by atoms with Crippen LogP contribution in [0.5, 0.6) is 0 Å². The number of imidazole rings is 1. The lowest BCUT2D eigenvalue weighted by Crippen LogP contribution is -2.34. The van der Waals surface area contributed by atoms with Gasteiger partial charge in [-0.05, 0) is 37.1 Å². The van der Waals surface area contributed by atoms with Crippen molar-refractivity contribution in [1.29, 1.82) is 0 Å². The summed E-state index contributed by atoms with van der Waals surface area (Å²) in [6, 6.07) is 14.8. The molecule has 6 nitrogen and oxygen atoms in total. The number of amides is 2. The predicted octanol–water partition coefficient (Wildman–Crippen LogP) is 2.37. The first-order valence-electron chi connectivity index (χ1n) is 8.82. The van der Waals surface area contributed by atoms with Crippen molar-refractivity contribution < 1.29 is 9.59 Å². The summed E-state index contributed by atoms with van der Waals surface area (Å²) in [5.41, 5.74) is 1.87. The van der Waals surface area contributed by atoms with Gasteiger partial charge in [-0.2, -0.15) is 0 Å². The molecular formula is C20H20N4O2. The lowest BCUT2D eigenvalue weighted by Gasteiger charge is -2.06. The minimum absolute atomic E-state index is 0.150. The van der Waals surface area contributed by atoms with Gasteiger partial charge in [0.05, 0.1) is 5.52 Å². The fourth-order valence-corrected chi connectivity index (χ4v) is 2.99. The van der Waals surface area contributed by atoms with Gasteiger partial charge in [0.25, 0.3) is 11.8 Å². The Balaban J connectivity index is 1.37. The quantitative estimate of drug-likeness (QED) is 0.672. The number of pyridine rings is 1. The summed E-state index contributed by atoms with van der Waals surface area (Å²) in [4.78, 5) is 29.1. The Morgan fingerprint density at radius 2 is 1.65 bits per heavy atom. The number of carbonyl (C=O) groups is 2. The molecule has 1 aliphatic carbocycles. The minimum Gasteiger partial charge on any atom is -0.350 e. The van der Waals surface area contributed by atoms with Crippen LogP contribution in [0.3, 0.4) is 0 Å². The Bertz CT molecular complexity index is 945. The molecule has 3 aromatic rings. The highest BCUT2D eigenvalue weighted by atomic mass is 16.2. The molecule has 1 fully saturated rings. The molecule has 0 atom stereocenters. The summed E-state index contributed by atoms with van der Waals surface area (Å²) in [6.07, 6.45) is 4.20. The number of benzene rings is 1. The molecule has 1 aromatic carbocycles. The zero-order valence-corrected chi connectivity index (χ0v) is 14.3. The molecule has 0 unspecified atom stereocenters. The highest BCUT2D eigenvalue weighted by Gasteiger charge is 2.30. The number of fused-ring (bicyclic) bond motifs is 1. The van der Waals surface area contributed by atoms with Crippen molar-refractivity contribution in [3.8, 4) is 0 Å². The molecule has 2 N–H and O–H groups in total. The van der Waals surface area contributed by atoms with Crippen LogP contribution in [-0.2, 0) is 0 Å². The molecule has 2 heterocycles. The minimum atomic E-state index is -0.213. The number of carbonyl (C=O) groups excluding carboxylic acids is 2. The molecule has 0 radical (unpaired) electrons. The van der Waals surface area contributed by atoms with E-state index in [4.69, 9.17) is 0 Å². The average Bonchev–Trinajstić information content (AvgIpc) is 3.46. The highest BCUT2D eigenvalue weighted by Crippen LogP contribution is 2.39. The van der Waals surface area contributed by atoms with Crippen LogP contribution in [-0.4, -0.2) is 34.3 Å². The Hall–Kier alpha value is -3.15. The van der Waals surface area contributed by atoms with E-state index in [2.05, 4.69) is 15.6 Å². The number of nitrogens with zero attached hydrogens (tertiary/aromatic N) is 2. The third kappa shape index (κ3) is 3.31. The monoisotopic (exact) mass is 348 g/mol. The number of nitrogens with one attached hydrogen (secondary N) is 2. The first kappa shape index (κ1) is 16.3. The van der Waals surface area contributed by atoms with Crippen LogP contribution in [0.2, 0.25) is 0 Å². The summed E-state index contributed by atoms with van der Waals surface area (Å²) in [5, 5.41) is 5.64. The second kappa shape index (κ2) is 7.00. The maximum Gasteiger partial charge on any atom is 0.272 e. The van der Waals surface area contributed by atoms with Crippen molar-refractivity contribution in [2.75, 3.05) is 13.1 Å². The Labute approximate surface area is 151 Å². The predicted molar refractivity (Wildman–Crippen MR) is 98.3 cm³/mol. The molecule has 0 spiro atoms. The van der Waals surface area contributed by atoms with E-state index in [1.165, 1.54) is 0 Å². The van der Waals surface area contributed by atoms with Crippen LogP contribution < -0.4 is 10.6 Å². The lowest BCUT2D eigenvalue weighted by atomic mass is 10.2. The van der Waals surface area contributed by atoms with Crippen molar-refractivity contribution in [3.63, 3.8) is 0 Å². The maximum atomic E-state index is 12.5. The van der Waals surface area contributed by atoms with Crippen molar-refractivity contribution in [2.24, 2.45) is 0 Å². The summed E-state index contributed by atoms with van der Waals surface area (Å²) < 4.78 is 2.00. The van der Waals surface area contributed by atoms with E-state index in [1.807, 2.05) is 47.0 Å². The van der Waals surface area contributed by atoms with Crippen LogP contribution >= 0.6 is 0 Å². The summed E-state index contributed by atoms with van der Waals surface area (Å²) in [7, 11) is 0. The van der Waals surface area contributed by atoms with Crippen molar-refractivity contribution in [1.82, 2.24) is 20.0 Å². The molecule has 4 rings (SSSR count). The van der Waals surface area contributed by atoms with Gasteiger partial charge in [-0.3, -0.25) is 9.59 Å². The van der Waals surface area contributed by atoms with E-state index in [0.717, 1.165) is 24.2 Å². The van der Waals surface area contributed by atoms with Crippen molar-refractivity contribution in [2.45, 2.75) is 18.8 Å². The van der Waals surface area contributed by atoms with Gasteiger partial charge in [-0.1, -0.05) is 24.3 Å². The SMILES string of the molecule is O=C(NCCNC(=O)c1nc(C2CC2)n2ccccc12)c1ccccc1. The molecule has 132 valence electrons. The molecule has 0 saturated heterocycles. The third-order valence-corrected chi connectivity index (χ3v) is 4.47. The van der Waals surface area contributed by atoms with Gasteiger partial charge in [-0.25, -0.2) is 4.98 Å². The molecule has 0 aliphatic heterocycles. The van der Waals surface area contributed by atoms with E-state index in [-0.39, 0.29) is 11.8 Å². The standard InChI is InChI=1S/C20H20N4O2/c25-19(15-6-2-1-3-7-15)21-11-12-22-20(26)17-16-8-4-5-13-24(16)18(23-17)14-9-10-14/h1-8,13-14H,9-12H2,(H,21,25)(H,22,26). The maximum absolute atomic E-state index is 12.5. The van der Waals surface area contributed by atoms with Gasteiger partial charge in [0, 0.05) is 30.8 Å². The van der Waals surface area contributed by atoms with Crippen molar-refractivity contribution >= 4 is 17.3 Å². The highest BCUT2D eigenvalue weighted by molar-refractivity contribution is 5.99. The van der Waals surface area contributed by atoms with Crippen LogP contribution in [0, 0.1) is 0 Å². The zero-order valence-electron chi connectivity index (χ0n) is 14.3. The van der Waals surface area contributed by atoms with Crippen LogP contribution in [0.25, 0.3) is 5.52 Å². The first-order chi connectivity index (χ1) is 12.7. The third-order valence-electron chi connectivity index (χ3n) is 4.47. The summed E-state index contributed by atoms with van der Waals surface area (Å²) >= 11 is 0. The first-order valence-corrected chi connectivity index (χ1v) is 8.82. The van der Waals surface area contributed by atoms with E-state index in [0.29, 0.717) is 30.3 Å². The molecule has 2 amide bonds. The number of aromatic nitrogens is 2. The van der Waals surface area contributed by atoms with E-state index < -0.39 is 0 Å². The molecule has 2 aromatic heterocycles. The Morgan fingerprint density at radius 3 is 2.38 bits per heavy atom. The second-order valence-corrected chi connectivity index (χ2v) is 6.43. The zero-order chi connectivity index (χ0) is 17.9. The number of hydrogen-bond acceptors (Lipinski definition) is 3. The summed E-state index contributed by atoms with van der Waals surface area (Å²) in [5.74, 6) is 1.05.